The summed E-state index contributed by atoms with van der Waals surface area (Å²) in [5.41, 5.74) is 5.87. The molecule has 2 heterocycles. The Morgan fingerprint density at radius 3 is 2.84 bits per heavy atom. The molecule has 0 atom stereocenters. The quantitative estimate of drug-likeness (QED) is 0.938. The maximum Gasteiger partial charge on any atom is 0.0758 e. The number of hydrogen-bond acceptors (Lipinski definition) is 3. The van der Waals surface area contributed by atoms with Crippen molar-refractivity contribution in [2.24, 2.45) is 0 Å². The van der Waals surface area contributed by atoms with Crippen LogP contribution in [0.5, 0.6) is 0 Å². The average molecular weight is 320 g/mol. The number of nitrogens with one attached hydrogen (secondary N) is 1. The van der Waals surface area contributed by atoms with E-state index in [0.29, 0.717) is 0 Å². The molecule has 0 aliphatic carbocycles. The highest BCUT2D eigenvalue weighted by molar-refractivity contribution is 9.10. The number of pyridine rings is 1. The summed E-state index contributed by atoms with van der Waals surface area (Å²) in [6.07, 6.45) is 5.82. The van der Waals surface area contributed by atoms with Gasteiger partial charge in [-0.3, -0.25) is 10.4 Å². The zero-order valence-electron chi connectivity index (χ0n) is 10.9. The Morgan fingerprint density at radius 1 is 1.16 bits per heavy atom. The molecule has 3 nitrogen and oxygen atoms in total. The number of nitrogens with zero attached hydrogens (tertiary/aromatic N) is 2. The largest absolute Gasteiger partial charge is 0.256 e. The Bertz CT molecular complexity index is 564. The SMILES string of the molecule is Brc1ccc(CNN2CCCCC2)c2ncccc12. The number of hydrazine groups is 1. The van der Waals surface area contributed by atoms with Gasteiger partial charge in [0, 0.05) is 35.7 Å². The second-order valence-corrected chi connectivity index (χ2v) is 5.84. The summed E-state index contributed by atoms with van der Waals surface area (Å²) < 4.78 is 1.11. The van der Waals surface area contributed by atoms with Crippen LogP contribution in [0.1, 0.15) is 24.8 Å². The molecule has 1 aliphatic heterocycles. The third-order valence-corrected chi connectivity index (χ3v) is 4.34. The second kappa shape index (κ2) is 5.99. The van der Waals surface area contributed by atoms with E-state index in [0.717, 1.165) is 29.6 Å². The molecule has 0 bridgehead atoms. The topological polar surface area (TPSA) is 28.2 Å². The van der Waals surface area contributed by atoms with E-state index in [2.05, 4.69) is 49.5 Å². The zero-order valence-corrected chi connectivity index (χ0v) is 12.5. The molecule has 1 aromatic heterocycles. The fraction of sp³-hybridized carbons (Fsp3) is 0.400. The molecule has 1 N–H and O–H groups in total. The van der Waals surface area contributed by atoms with Crippen LogP contribution in [0.2, 0.25) is 0 Å². The normalized spacial score (nSPS) is 16.9. The first-order valence-electron chi connectivity index (χ1n) is 6.85. The van der Waals surface area contributed by atoms with Crippen LogP contribution in [0.4, 0.5) is 0 Å². The lowest BCUT2D eigenvalue weighted by Crippen LogP contribution is -2.41. The average Bonchev–Trinajstić information content (AvgIpc) is 2.48. The molecule has 1 aromatic carbocycles. The summed E-state index contributed by atoms with van der Waals surface area (Å²) in [5.74, 6) is 0. The van der Waals surface area contributed by atoms with E-state index in [9.17, 15) is 0 Å². The van der Waals surface area contributed by atoms with E-state index in [4.69, 9.17) is 0 Å². The predicted octanol–water partition coefficient (Wildman–Crippen LogP) is 3.49. The molecular weight excluding hydrogens is 302 g/mol. The van der Waals surface area contributed by atoms with E-state index in [1.165, 1.54) is 30.2 Å². The van der Waals surface area contributed by atoms with Crippen molar-refractivity contribution in [2.45, 2.75) is 25.8 Å². The smallest absolute Gasteiger partial charge is 0.0758 e. The lowest BCUT2D eigenvalue weighted by molar-refractivity contribution is 0.151. The van der Waals surface area contributed by atoms with Crippen LogP contribution in [0.15, 0.2) is 34.9 Å². The van der Waals surface area contributed by atoms with E-state index in [-0.39, 0.29) is 0 Å². The molecular formula is C15H18BrN3. The van der Waals surface area contributed by atoms with Gasteiger partial charge in [-0.15, -0.1) is 0 Å². The minimum Gasteiger partial charge on any atom is -0.256 e. The molecule has 3 rings (SSSR count). The number of hydrogen-bond donors (Lipinski definition) is 1. The van der Waals surface area contributed by atoms with Crippen LogP contribution in [-0.4, -0.2) is 23.1 Å². The monoisotopic (exact) mass is 319 g/mol. The van der Waals surface area contributed by atoms with Crippen molar-refractivity contribution in [3.63, 3.8) is 0 Å². The Kier molecular flexibility index (Phi) is 4.11. The van der Waals surface area contributed by atoms with Gasteiger partial charge in [-0.25, -0.2) is 5.01 Å². The van der Waals surface area contributed by atoms with Gasteiger partial charge in [0.05, 0.1) is 5.52 Å². The number of fused-ring (bicyclic) bond motifs is 1. The van der Waals surface area contributed by atoms with Gasteiger partial charge in [0.15, 0.2) is 0 Å². The summed E-state index contributed by atoms with van der Waals surface area (Å²) in [7, 11) is 0. The van der Waals surface area contributed by atoms with Gasteiger partial charge in [-0.2, -0.15) is 0 Å². The molecule has 2 aromatic rings. The molecule has 1 aliphatic rings. The van der Waals surface area contributed by atoms with Crippen molar-refractivity contribution in [3.05, 3.63) is 40.5 Å². The standard InChI is InChI=1S/C15H18BrN3/c16-14-7-6-12(15-13(14)5-4-8-17-15)11-18-19-9-2-1-3-10-19/h4-8,18H,1-3,9-11H2. The Balaban J connectivity index is 1.79. The number of benzene rings is 1. The number of piperidine rings is 1. The van der Waals surface area contributed by atoms with Crippen molar-refractivity contribution in [1.29, 1.82) is 0 Å². The van der Waals surface area contributed by atoms with E-state index in [1.807, 2.05) is 12.3 Å². The third kappa shape index (κ3) is 2.96. The maximum absolute atomic E-state index is 4.52. The highest BCUT2D eigenvalue weighted by Gasteiger charge is 2.10. The van der Waals surface area contributed by atoms with E-state index >= 15 is 0 Å². The van der Waals surface area contributed by atoms with Crippen LogP contribution in [0.3, 0.4) is 0 Å². The molecule has 1 fully saturated rings. The van der Waals surface area contributed by atoms with Crippen LogP contribution < -0.4 is 5.43 Å². The molecule has 100 valence electrons. The Morgan fingerprint density at radius 2 is 2.00 bits per heavy atom. The molecule has 0 spiro atoms. The third-order valence-electron chi connectivity index (χ3n) is 3.65. The van der Waals surface area contributed by atoms with Gasteiger partial charge >= 0.3 is 0 Å². The van der Waals surface area contributed by atoms with Crippen LogP contribution >= 0.6 is 15.9 Å². The number of aromatic nitrogens is 1. The summed E-state index contributed by atoms with van der Waals surface area (Å²) in [5, 5.41) is 3.51. The first-order chi connectivity index (χ1) is 9.34. The van der Waals surface area contributed by atoms with Gasteiger partial charge in [0.2, 0.25) is 0 Å². The van der Waals surface area contributed by atoms with Gasteiger partial charge < -0.3 is 0 Å². The highest BCUT2D eigenvalue weighted by Crippen LogP contribution is 2.25. The molecule has 0 saturated carbocycles. The molecule has 4 heteroatoms. The van der Waals surface area contributed by atoms with Crippen molar-refractivity contribution >= 4 is 26.8 Å². The lowest BCUT2D eigenvalue weighted by Gasteiger charge is -2.27. The maximum atomic E-state index is 4.52. The van der Waals surface area contributed by atoms with Crippen LogP contribution in [0.25, 0.3) is 10.9 Å². The van der Waals surface area contributed by atoms with Gasteiger partial charge in [0.1, 0.15) is 0 Å². The minimum atomic E-state index is 0.848. The van der Waals surface area contributed by atoms with Crippen molar-refractivity contribution in [3.8, 4) is 0 Å². The van der Waals surface area contributed by atoms with E-state index in [1.54, 1.807) is 0 Å². The molecule has 1 saturated heterocycles. The van der Waals surface area contributed by atoms with Crippen molar-refractivity contribution < 1.29 is 0 Å². The minimum absolute atomic E-state index is 0.848. The number of halogens is 1. The first kappa shape index (κ1) is 13.0. The fourth-order valence-electron chi connectivity index (χ4n) is 2.59. The molecule has 0 radical (unpaired) electrons. The van der Waals surface area contributed by atoms with Crippen LogP contribution in [-0.2, 0) is 6.54 Å². The predicted molar refractivity (Wildman–Crippen MR) is 81.7 cm³/mol. The summed E-state index contributed by atoms with van der Waals surface area (Å²) in [4.78, 5) is 4.52. The Labute approximate surface area is 122 Å². The van der Waals surface area contributed by atoms with Crippen molar-refractivity contribution in [1.82, 2.24) is 15.4 Å². The highest BCUT2D eigenvalue weighted by atomic mass is 79.9. The second-order valence-electron chi connectivity index (χ2n) is 4.99. The van der Waals surface area contributed by atoms with Crippen LogP contribution in [0, 0.1) is 0 Å². The summed E-state index contributed by atoms with van der Waals surface area (Å²) in [6, 6.07) is 8.35. The van der Waals surface area contributed by atoms with Crippen molar-refractivity contribution in [2.75, 3.05) is 13.1 Å². The molecule has 19 heavy (non-hydrogen) atoms. The van der Waals surface area contributed by atoms with Gasteiger partial charge in [-0.05, 0) is 30.5 Å². The number of rotatable bonds is 3. The molecule has 0 amide bonds. The van der Waals surface area contributed by atoms with E-state index < -0.39 is 0 Å². The summed E-state index contributed by atoms with van der Waals surface area (Å²) in [6.45, 7) is 3.16. The van der Waals surface area contributed by atoms with Gasteiger partial charge in [0.25, 0.3) is 0 Å². The summed E-state index contributed by atoms with van der Waals surface area (Å²) >= 11 is 3.59. The Hall–Kier alpha value is -0.970. The van der Waals surface area contributed by atoms with Gasteiger partial charge in [-0.1, -0.05) is 34.5 Å². The molecule has 0 unspecified atom stereocenters. The lowest BCUT2D eigenvalue weighted by atomic mass is 10.1. The first-order valence-corrected chi connectivity index (χ1v) is 7.64. The fourth-order valence-corrected chi connectivity index (χ4v) is 3.04. The zero-order chi connectivity index (χ0) is 13.1.